The van der Waals surface area contributed by atoms with Crippen molar-refractivity contribution in [3.63, 3.8) is 0 Å². The highest BCUT2D eigenvalue weighted by Crippen LogP contribution is 2.18. The van der Waals surface area contributed by atoms with Gasteiger partial charge in [0.2, 0.25) is 11.7 Å². The SMILES string of the molecule is CCc1ccc(-c2ccc(=O)n(CCc3nc(-c4cccc(C)c4)no3)n2)cc1. The van der Waals surface area contributed by atoms with Gasteiger partial charge in [-0.05, 0) is 31.0 Å². The van der Waals surface area contributed by atoms with Crippen molar-refractivity contribution in [2.24, 2.45) is 0 Å². The van der Waals surface area contributed by atoms with Crippen molar-refractivity contribution in [3.05, 3.63) is 88.0 Å². The Bertz CT molecular complexity index is 1180. The highest BCUT2D eigenvalue weighted by molar-refractivity contribution is 5.58. The van der Waals surface area contributed by atoms with Crippen LogP contribution in [0.2, 0.25) is 0 Å². The first kappa shape index (κ1) is 18.8. The summed E-state index contributed by atoms with van der Waals surface area (Å²) in [4.78, 5) is 16.7. The van der Waals surface area contributed by atoms with E-state index in [4.69, 9.17) is 4.52 Å². The van der Waals surface area contributed by atoms with Crippen LogP contribution in [0.5, 0.6) is 0 Å². The van der Waals surface area contributed by atoms with Crippen LogP contribution in [-0.2, 0) is 19.4 Å². The number of nitrogens with zero attached hydrogens (tertiary/aromatic N) is 4. The smallest absolute Gasteiger partial charge is 0.266 e. The fourth-order valence-corrected chi connectivity index (χ4v) is 3.13. The third-order valence-electron chi connectivity index (χ3n) is 4.81. The monoisotopic (exact) mass is 386 g/mol. The van der Waals surface area contributed by atoms with Crippen LogP contribution in [0.1, 0.15) is 23.9 Å². The zero-order valence-electron chi connectivity index (χ0n) is 16.5. The number of hydrogen-bond acceptors (Lipinski definition) is 5. The quantitative estimate of drug-likeness (QED) is 0.499. The normalized spacial score (nSPS) is 11.0. The van der Waals surface area contributed by atoms with Gasteiger partial charge in [0, 0.05) is 23.6 Å². The van der Waals surface area contributed by atoms with Gasteiger partial charge in [-0.3, -0.25) is 4.79 Å². The minimum Gasteiger partial charge on any atom is -0.339 e. The Labute approximate surface area is 168 Å². The minimum atomic E-state index is -0.155. The Morgan fingerprint density at radius 3 is 2.59 bits per heavy atom. The van der Waals surface area contributed by atoms with E-state index in [0.29, 0.717) is 24.7 Å². The molecule has 6 heteroatoms. The van der Waals surface area contributed by atoms with E-state index in [2.05, 4.69) is 34.3 Å². The molecule has 2 aromatic carbocycles. The van der Waals surface area contributed by atoms with Crippen LogP contribution in [0.3, 0.4) is 0 Å². The molecular weight excluding hydrogens is 364 g/mol. The van der Waals surface area contributed by atoms with E-state index in [9.17, 15) is 4.79 Å². The van der Waals surface area contributed by atoms with Crippen LogP contribution in [0.4, 0.5) is 0 Å². The maximum atomic E-state index is 12.2. The predicted octanol–water partition coefficient (Wildman–Crippen LogP) is 4.07. The molecule has 4 rings (SSSR count). The molecule has 0 saturated heterocycles. The maximum absolute atomic E-state index is 12.2. The summed E-state index contributed by atoms with van der Waals surface area (Å²) in [6.45, 7) is 4.51. The van der Waals surface area contributed by atoms with Crippen LogP contribution >= 0.6 is 0 Å². The molecule has 2 aromatic heterocycles. The van der Waals surface area contributed by atoms with Crippen molar-refractivity contribution in [2.75, 3.05) is 0 Å². The maximum Gasteiger partial charge on any atom is 0.266 e. The molecule has 0 spiro atoms. The fourth-order valence-electron chi connectivity index (χ4n) is 3.13. The van der Waals surface area contributed by atoms with E-state index >= 15 is 0 Å². The first-order valence-corrected chi connectivity index (χ1v) is 9.69. The summed E-state index contributed by atoms with van der Waals surface area (Å²) < 4.78 is 6.80. The summed E-state index contributed by atoms with van der Waals surface area (Å²) in [5.41, 5.74) is 4.90. The number of aromatic nitrogens is 4. The van der Waals surface area contributed by atoms with Gasteiger partial charge in [-0.25, -0.2) is 4.68 Å². The molecule has 2 heterocycles. The first-order valence-electron chi connectivity index (χ1n) is 9.69. The van der Waals surface area contributed by atoms with Gasteiger partial charge in [-0.1, -0.05) is 60.1 Å². The van der Waals surface area contributed by atoms with Crippen molar-refractivity contribution in [1.82, 2.24) is 19.9 Å². The van der Waals surface area contributed by atoms with Gasteiger partial charge < -0.3 is 4.52 Å². The van der Waals surface area contributed by atoms with Gasteiger partial charge in [0.15, 0.2) is 0 Å². The lowest BCUT2D eigenvalue weighted by atomic mass is 10.1. The second-order valence-corrected chi connectivity index (χ2v) is 6.96. The molecular formula is C23H22N4O2. The molecule has 0 aliphatic heterocycles. The molecule has 0 radical (unpaired) electrons. The van der Waals surface area contributed by atoms with Crippen molar-refractivity contribution in [2.45, 2.75) is 33.2 Å². The predicted molar refractivity (Wildman–Crippen MR) is 111 cm³/mol. The second-order valence-electron chi connectivity index (χ2n) is 6.96. The van der Waals surface area contributed by atoms with E-state index in [1.54, 1.807) is 12.1 Å². The summed E-state index contributed by atoms with van der Waals surface area (Å²) in [6, 6.07) is 19.5. The van der Waals surface area contributed by atoms with Crippen LogP contribution in [-0.4, -0.2) is 19.9 Å². The number of rotatable bonds is 6. The van der Waals surface area contributed by atoms with E-state index in [-0.39, 0.29) is 5.56 Å². The molecule has 29 heavy (non-hydrogen) atoms. The Morgan fingerprint density at radius 1 is 1.00 bits per heavy atom. The lowest BCUT2D eigenvalue weighted by Crippen LogP contribution is -2.23. The van der Waals surface area contributed by atoms with Crippen LogP contribution in [0.25, 0.3) is 22.6 Å². The Hall–Kier alpha value is -3.54. The standard InChI is InChI=1S/C23H22N4O2/c1-3-17-7-9-18(10-8-17)20-11-12-22(28)27(25-20)14-13-21-24-23(26-29-21)19-6-4-5-16(2)15-19/h4-12,15H,3,13-14H2,1-2H3. The number of benzene rings is 2. The molecule has 0 amide bonds. The molecule has 0 unspecified atom stereocenters. The Morgan fingerprint density at radius 2 is 1.83 bits per heavy atom. The molecule has 6 nitrogen and oxygen atoms in total. The largest absolute Gasteiger partial charge is 0.339 e. The van der Waals surface area contributed by atoms with Gasteiger partial charge >= 0.3 is 0 Å². The van der Waals surface area contributed by atoms with Crippen molar-refractivity contribution in [3.8, 4) is 22.6 Å². The molecule has 4 aromatic rings. The second kappa shape index (κ2) is 8.22. The lowest BCUT2D eigenvalue weighted by molar-refractivity contribution is 0.368. The highest BCUT2D eigenvalue weighted by Gasteiger charge is 2.10. The molecule has 0 aliphatic rings. The summed E-state index contributed by atoms with van der Waals surface area (Å²) in [6.07, 6.45) is 1.42. The molecule has 0 saturated carbocycles. The van der Waals surface area contributed by atoms with E-state index in [1.165, 1.54) is 10.2 Å². The van der Waals surface area contributed by atoms with Crippen molar-refractivity contribution < 1.29 is 4.52 Å². The number of hydrogen-bond donors (Lipinski definition) is 0. The summed E-state index contributed by atoms with van der Waals surface area (Å²) >= 11 is 0. The first-order chi connectivity index (χ1) is 14.1. The van der Waals surface area contributed by atoms with Gasteiger partial charge in [-0.15, -0.1) is 0 Å². The molecule has 0 fully saturated rings. The summed E-state index contributed by atoms with van der Waals surface area (Å²) in [5.74, 6) is 1.03. The highest BCUT2D eigenvalue weighted by atomic mass is 16.5. The lowest BCUT2D eigenvalue weighted by Gasteiger charge is -2.06. The van der Waals surface area contributed by atoms with E-state index < -0.39 is 0 Å². The Kier molecular flexibility index (Phi) is 5.33. The zero-order chi connectivity index (χ0) is 20.2. The van der Waals surface area contributed by atoms with Crippen molar-refractivity contribution in [1.29, 1.82) is 0 Å². The number of aryl methyl sites for hydroxylation is 4. The molecule has 0 bridgehead atoms. The minimum absolute atomic E-state index is 0.155. The topological polar surface area (TPSA) is 73.8 Å². The van der Waals surface area contributed by atoms with Crippen molar-refractivity contribution >= 4 is 0 Å². The van der Waals surface area contributed by atoms with Gasteiger partial charge in [0.1, 0.15) is 0 Å². The molecule has 0 N–H and O–H groups in total. The third kappa shape index (κ3) is 4.32. The van der Waals surface area contributed by atoms with Crippen LogP contribution in [0.15, 0.2) is 70.0 Å². The van der Waals surface area contributed by atoms with Crippen LogP contribution < -0.4 is 5.56 Å². The fraction of sp³-hybridized carbons (Fsp3) is 0.217. The zero-order valence-corrected chi connectivity index (χ0v) is 16.5. The molecule has 146 valence electrons. The molecule has 0 aliphatic carbocycles. The van der Waals surface area contributed by atoms with Gasteiger partial charge in [-0.2, -0.15) is 10.1 Å². The summed E-state index contributed by atoms with van der Waals surface area (Å²) in [7, 11) is 0. The average Bonchev–Trinajstić information content (AvgIpc) is 3.22. The van der Waals surface area contributed by atoms with Crippen LogP contribution in [0, 0.1) is 6.92 Å². The summed E-state index contributed by atoms with van der Waals surface area (Å²) in [5, 5.41) is 8.55. The Balaban J connectivity index is 1.50. The third-order valence-corrected chi connectivity index (χ3v) is 4.81. The van der Waals surface area contributed by atoms with Gasteiger partial charge in [0.25, 0.3) is 5.56 Å². The molecule has 0 atom stereocenters. The van der Waals surface area contributed by atoms with E-state index in [0.717, 1.165) is 28.8 Å². The van der Waals surface area contributed by atoms with E-state index in [1.807, 2.05) is 43.3 Å². The van der Waals surface area contributed by atoms with Gasteiger partial charge in [0.05, 0.1) is 12.2 Å². The average molecular weight is 386 g/mol.